The summed E-state index contributed by atoms with van der Waals surface area (Å²) in [5.41, 5.74) is 1.38. The molecular formula is C12H18N2O2. The zero-order chi connectivity index (χ0) is 12.0. The van der Waals surface area contributed by atoms with Crippen LogP contribution in [0.3, 0.4) is 0 Å². The van der Waals surface area contributed by atoms with Crippen molar-refractivity contribution in [3.8, 4) is 5.75 Å². The van der Waals surface area contributed by atoms with Gasteiger partial charge >= 0.3 is 0 Å². The molecule has 0 saturated carbocycles. The highest BCUT2D eigenvalue weighted by Crippen LogP contribution is 2.15. The lowest BCUT2D eigenvalue weighted by Crippen LogP contribution is -2.32. The van der Waals surface area contributed by atoms with Gasteiger partial charge in [-0.2, -0.15) is 0 Å². The van der Waals surface area contributed by atoms with Gasteiger partial charge in [0.15, 0.2) is 0 Å². The molecule has 4 nitrogen and oxygen atoms in total. The first-order valence-electron chi connectivity index (χ1n) is 5.43. The van der Waals surface area contributed by atoms with Gasteiger partial charge in [-0.3, -0.25) is 4.79 Å². The SMILES string of the molecule is CCNCCNC(=O)c1ccc(O)cc1C. The molecule has 0 aliphatic carbocycles. The lowest BCUT2D eigenvalue weighted by molar-refractivity contribution is 0.0953. The number of likely N-dealkylation sites (N-methyl/N-ethyl adjacent to an activating group) is 1. The summed E-state index contributed by atoms with van der Waals surface area (Å²) in [5, 5.41) is 15.2. The summed E-state index contributed by atoms with van der Waals surface area (Å²) in [6.07, 6.45) is 0. The Bertz CT molecular complexity index is 364. The van der Waals surface area contributed by atoms with E-state index in [9.17, 15) is 9.90 Å². The van der Waals surface area contributed by atoms with Gasteiger partial charge < -0.3 is 15.7 Å². The third kappa shape index (κ3) is 3.55. The van der Waals surface area contributed by atoms with E-state index in [2.05, 4.69) is 10.6 Å². The van der Waals surface area contributed by atoms with Crippen LogP contribution in [-0.2, 0) is 0 Å². The summed E-state index contributed by atoms with van der Waals surface area (Å²) in [6, 6.07) is 4.73. The number of nitrogens with one attached hydrogen (secondary N) is 2. The minimum absolute atomic E-state index is 0.101. The number of rotatable bonds is 5. The number of hydrogen-bond acceptors (Lipinski definition) is 3. The molecule has 0 spiro atoms. The van der Waals surface area contributed by atoms with Crippen molar-refractivity contribution in [2.45, 2.75) is 13.8 Å². The number of phenolic OH excluding ortho intramolecular Hbond substituents is 1. The van der Waals surface area contributed by atoms with Crippen molar-refractivity contribution in [1.29, 1.82) is 0 Å². The van der Waals surface area contributed by atoms with Crippen molar-refractivity contribution in [1.82, 2.24) is 10.6 Å². The van der Waals surface area contributed by atoms with Crippen molar-refractivity contribution in [2.24, 2.45) is 0 Å². The van der Waals surface area contributed by atoms with Crippen molar-refractivity contribution in [2.75, 3.05) is 19.6 Å². The van der Waals surface area contributed by atoms with Gasteiger partial charge in [0.1, 0.15) is 5.75 Å². The molecule has 0 radical (unpaired) electrons. The Hall–Kier alpha value is -1.55. The molecule has 4 heteroatoms. The number of aryl methyl sites for hydroxylation is 1. The van der Waals surface area contributed by atoms with Crippen LogP contribution in [0.25, 0.3) is 0 Å². The van der Waals surface area contributed by atoms with E-state index in [1.165, 1.54) is 6.07 Å². The van der Waals surface area contributed by atoms with Gasteiger partial charge in [-0.05, 0) is 37.2 Å². The van der Waals surface area contributed by atoms with Crippen LogP contribution in [0.5, 0.6) is 5.75 Å². The summed E-state index contributed by atoms with van der Waals surface area (Å²) in [5.74, 6) is 0.0807. The van der Waals surface area contributed by atoms with E-state index in [0.29, 0.717) is 12.1 Å². The zero-order valence-electron chi connectivity index (χ0n) is 9.71. The highest BCUT2D eigenvalue weighted by Gasteiger charge is 2.08. The van der Waals surface area contributed by atoms with Gasteiger partial charge in [0.2, 0.25) is 0 Å². The number of phenols is 1. The fourth-order valence-corrected chi connectivity index (χ4v) is 1.44. The lowest BCUT2D eigenvalue weighted by Gasteiger charge is -2.08. The van der Waals surface area contributed by atoms with Crippen LogP contribution in [0.4, 0.5) is 0 Å². The molecule has 3 N–H and O–H groups in total. The summed E-state index contributed by atoms with van der Waals surface area (Å²) in [7, 11) is 0. The number of carbonyl (C=O) groups is 1. The average molecular weight is 222 g/mol. The van der Waals surface area contributed by atoms with E-state index < -0.39 is 0 Å². The van der Waals surface area contributed by atoms with Crippen molar-refractivity contribution in [3.05, 3.63) is 29.3 Å². The monoisotopic (exact) mass is 222 g/mol. The Kier molecular flexibility index (Phi) is 4.79. The molecule has 0 bridgehead atoms. The smallest absolute Gasteiger partial charge is 0.251 e. The van der Waals surface area contributed by atoms with Crippen LogP contribution in [0, 0.1) is 6.92 Å². The summed E-state index contributed by atoms with van der Waals surface area (Å²) in [6.45, 7) is 6.09. The van der Waals surface area contributed by atoms with Gasteiger partial charge in [0.05, 0.1) is 0 Å². The normalized spacial score (nSPS) is 10.1. The maximum Gasteiger partial charge on any atom is 0.251 e. The molecule has 0 atom stereocenters. The summed E-state index contributed by atoms with van der Waals surface area (Å²) >= 11 is 0. The highest BCUT2D eigenvalue weighted by atomic mass is 16.3. The Morgan fingerprint density at radius 2 is 2.12 bits per heavy atom. The second kappa shape index (κ2) is 6.12. The molecule has 0 unspecified atom stereocenters. The zero-order valence-corrected chi connectivity index (χ0v) is 9.71. The molecule has 0 heterocycles. The van der Waals surface area contributed by atoms with Gasteiger partial charge in [-0.25, -0.2) is 0 Å². The predicted molar refractivity (Wildman–Crippen MR) is 63.7 cm³/mol. The lowest BCUT2D eigenvalue weighted by atomic mass is 10.1. The highest BCUT2D eigenvalue weighted by molar-refractivity contribution is 5.95. The van der Waals surface area contributed by atoms with Crippen LogP contribution >= 0.6 is 0 Å². The van der Waals surface area contributed by atoms with Crippen LogP contribution < -0.4 is 10.6 Å². The Morgan fingerprint density at radius 1 is 1.38 bits per heavy atom. The fraction of sp³-hybridized carbons (Fsp3) is 0.417. The summed E-state index contributed by atoms with van der Waals surface area (Å²) < 4.78 is 0. The van der Waals surface area contributed by atoms with Gasteiger partial charge in [0.25, 0.3) is 5.91 Å². The third-order valence-electron chi connectivity index (χ3n) is 2.29. The number of benzene rings is 1. The first-order valence-corrected chi connectivity index (χ1v) is 5.43. The first-order chi connectivity index (χ1) is 7.65. The van der Waals surface area contributed by atoms with Gasteiger partial charge in [0, 0.05) is 18.7 Å². The molecule has 0 aliphatic rings. The van der Waals surface area contributed by atoms with Crippen molar-refractivity contribution >= 4 is 5.91 Å². The molecule has 88 valence electrons. The molecule has 0 saturated heterocycles. The van der Waals surface area contributed by atoms with E-state index in [1.54, 1.807) is 19.1 Å². The second-order valence-corrected chi connectivity index (χ2v) is 3.61. The topological polar surface area (TPSA) is 61.4 Å². The van der Waals surface area contributed by atoms with E-state index in [-0.39, 0.29) is 11.7 Å². The third-order valence-corrected chi connectivity index (χ3v) is 2.29. The quantitative estimate of drug-likeness (QED) is 0.652. The van der Waals surface area contributed by atoms with E-state index in [0.717, 1.165) is 18.7 Å². The molecule has 0 aliphatic heterocycles. The molecule has 1 aromatic rings. The van der Waals surface area contributed by atoms with Crippen LogP contribution in [0.2, 0.25) is 0 Å². The molecular weight excluding hydrogens is 204 g/mol. The largest absolute Gasteiger partial charge is 0.508 e. The predicted octanol–water partition coefficient (Wildman–Crippen LogP) is 1.04. The number of carbonyl (C=O) groups excluding carboxylic acids is 1. The Labute approximate surface area is 95.7 Å². The van der Waals surface area contributed by atoms with Gasteiger partial charge in [-0.1, -0.05) is 6.92 Å². The standard InChI is InChI=1S/C12H18N2O2/c1-3-13-6-7-14-12(16)11-5-4-10(15)8-9(11)2/h4-5,8,13,15H,3,6-7H2,1-2H3,(H,14,16). The molecule has 1 amide bonds. The second-order valence-electron chi connectivity index (χ2n) is 3.61. The molecule has 16 heavy (non-hydrogen) atoms. The van der Waals surface area contributed by atoms with E-state index in [1.807, 2.05) is 6.92 Å². The number of amides is 1. The maximum absolute atomic E-state index is 11.7. The number of aromatic hydroxyl groups is 1. The number of hydrogen-bond donors (Lipinski definition) is 3. The van der Waals surface area contributed by atoms with E-state index in [4.69, 9.17) is 0 Å². The minimum Gasteiger partial charge on any atom is -0.508 e. The van der Waals surface area contributed by atoms with Crippen molar-refractivity contribution < 1.29 is 9.90 Å². The first kappa shape index (κ1) is 12.5. The average Bonchev–Trinajstić information content (AvgIpc) is 2.24. The molecule has 0 fully saturated rings. The minimum atomic E-state index is -0.101. The van der Waals surface area contributed by atoms with Gasteiger partial charge in [-0.15, -0.1) is 0 Å². The van der Waals surface area contributed by atoms with E-state index >= 15 is 0 Å². The fourth-order valence-electron chi connectivity index (χ4n) is 1.44. The van der Waals surface area contributed by atoms with Crippen molar-refractivity contribution in [3.63, 3.8) is 0 Å². The Morgan fingerprint density at radius 3 is 2.75 bits per heavy atom. The van der Waals surface area contributed by atoms with Crippen LogP contribution in [0.15, 0.2) is 18.2 Å². The van der Waals surface area contributed by atoms with Crippen LogP contribution in [-0.4, -0.2) is 30.6 Å². The maximum atomic E-state index is 11.7. The molecule has 1 aromatic carbocycles. The molecule has 0 aromatic heterocycles. The summed E-state index contributed by atoms with van der Waals surface area (Å²) in [4.78, 5) is 11.7. The van der Waals surface area contributed by atoms with Crippen LogP contribution in [0.1, 0.15) is 22.8 Å². The molecule has 1 rings (SSSR count). The Balaban J connectivity index is 2.53.